The molecule has 0 spiro atoms. The number of halogens is 2. The molecule has 0 N–H and O–H groups in total. The molecule has 0 aliphatic carbocycles. The van der Waals surface area contributed by atoms with Crippen LogP contribution in [0, 0.1) is 0 Å². The Hall–Kier alpha value is -1.14. The van der Waals surface area contributed by atoms with Crippen LogP contribution in [0.5, 0.6) is 5.75 Å². The van der Waals surface area contributed by atoms with E-state index in [1.807, 2.05) is 24.3 Å². The minimum Gasteiger partial charge on any atom is -0.496 e. The molecule has 18 heavy (non-hydrogen) atoms. The zero-order valence-corrected chi connectivity index (χ0v) is 12.7. The van der Waals surface area contributed by atoms with E-state index in [2.05, 4.69) is 37.0 Å². The zero-order chi connectivity index (χ0) is 13.1. The van der Waals surface area contributed by atoms with Crippen molar-refractivity contribution in [3.05, 3.63) is 55.3 Å². The number of rotatable bonds is 3. The lowest BCUT2D eigenvalue weighted by atomic mass is 10.2. The lowest BCUT2D eigenvalue weighted by Crippen LogP contribution is -2.24. The number of hydrogen-bond donors (Lipinski definition) is 0. The molecule has 0 bridgehead atoms. The zero-order valence-electron chi connectivity index (χ0n) is 9.56. The van der Waals surface area contributed by atoms with Gasteiger partial charge in [0, 0.05) is 5.56 Å². The molecular formula is C12H10Br2N2O2. The summed E-state index contributed by atoms with van der Waals surface area (Å²) in [6, 6.07) is 7.55. The lowest BCUT2D eigenvalue weighted by molar-refractivity contribution is 0.406. The van der Waals surface area contributed by atoms with Crippen molar-refractivity contribution in [1.82, 2.24) is 9.78 Å². The molecule has 1 heterocycles. The fourth-order valence-electron chi connectivity index (χ4n) is 1.55. The summed E-state index contributed by atoms with van der Waals surface area (Å²) in [5.74, 6) is 0.741. The lowest BCUT2D eigenvalue weighted by Gasteiger charge is -2.09. The Kier molecular flexibility index (Phi) is 4.19. The third kappa shape index (κ3) is 2.64. The van der Waals surface area contributed by atoms with Gasteiger partial charge in [0.25, 0.3) is 5.56 Å². The van der Waals surface area contributed by atoms with Gasteiger partial charge < -0.3 is 4.74 Å². The molecule has 6 heteroatoms. The Morgan fingerprint density at radius 3 is 2.78 bits per heavy atom. The number of ether oxygens (including phenoxy) is 1. The minimum absolute atomic E-state index is 0.185. The molecule has 0 aliphatic heterocycles. The number of benzene rings is 1. The number of aromatic nitrogens is 2. The van der Waals surface area contributed by atoms with Crippen LogP contribution < -0.4 is 10.3 Å². The van der Waals surface area contributed by atoms with E-state index in [0.29, 0.717) is 15.5 Å². The van der Waals surface area contributed by atoms with Crippen molar-refractivity contribution in [2.75, 3.05) is 7.11 Å². The molecule has 0 fully saturated rings. The Labute approximate surface area is 121 Å². The maximum Gasteiger partial charge on any atom is 0.282 e. The van der Waals surface area contributed by atoms with Gasteiger partial charge in [-0.25, -0.2) is 4.68 Å². The second-order valence-electron chi connectivity index (χ2n) is 3.58. The van der Waals surface area contributed by atoms with Crippen molar-refractivity contribution in [2.45, 2.75) is 6.54 Å². The van der Waals surface area contributed by atoms with Crippen LogP contribution >= 0.6 is 31.9 Å². The predicted molar refractivity (Wildman–Crippen MR) is 76.0 cm³/mol. The van der Waals surface area contributed by atoms with E-state index in [9.17, 15) is 4.79 Å². The second kappa shape index (κ2) is 5.67. The molecule has 1 aromatic carbocycles. The second-order valence-corrected chi connectivity index (χ2v) is 5.23. The van der Waals surface area contributed by atoms with Crippen molar-refractivity contribution in [1.29, 1.82) is 0 Å². The first-order valence-corrected chi connectivity index (χ1v) is 6.75. The minimum atomic E-state index is -0.185. The quantitative estimate of drug-likeness (QED) is 0.830. The number of para-hydroxylation sites is 1. The average molecular weight is 374 g/mol. The maximum absolute atomic E-state index is 12.0. The van der Waals surface area contributed by atoms with Crippen molar-refractivity contribution < 1.29 is 4.74 Å². The molecule has 4 nitrogen and oxygen atoms in total. The van der Waals surface area contributed by atoms with Crippen LogP contribution in [-0.4, -0.2) is 16.9 Å². The first kappa shape index (κ1) is 13.3. The molecule has 94 valence electrons. The molecule has 0 amide bonds. The number of methoxy groups -OCH3 is 1. The maximum atomic E-state index is 12.0. The van der Waals surface area contributed by atoms with Crippen LogP contribution in [0.4, 0.5) is 0 Å². The van der Waals surface area contributed by atoms with Crippen molar-refractivity contribution in [3.8, 4) is 5.75 Å². The molecule has 0 saturated carbocycles. The van der Waals surface area contributed by atoms with Crippen molar-refractivity contribution >= 4 is 31.9 Å². The summed E-state index contributed by atoms with van der Waals surface area (Å²) >= 11 is 6.47. The molecule has 0 saturated heterocycles. The highest BCUT2D eigenvalue weighted by Crippen LogP contribution is 2.19. The van der Waals surface area contributed by atoms with Crippen LogP contribution in [0.25, 0.3) is 0 Å². The Morgan fingerprint density at radius 2 is 2.06 bits per heavy atom. The summed E-state index contributed by atoms with van der Waals surface area (Å²) in [6.07, 6.45) is 1.58. The van der Waals surface area contributed by atoms with Gasteiger partial charge in [0.15, 0.2) is 0 Å². The standard InChI is InChI=1S/C12H10Br2N2O2/c1-18-10-5-3-2-4-8(10)7-16-12(17)11(14)9(13)6-15-16/h2-6H,7H2,1H3. The highest BCUT2D eigenvalue weighted by molar-refractivity contribution is 9.13. The van der Waals surface area contributed by atoms with E-state index in [1.54, 1.807) is 13.3 Å². The van der Waals surface area contributed by atoms with Crippen LogP contribution in [-0.2, 0) is 6.54 Å². The topological polar surface area (TPSA) is 44.1 Å². The summed E-state index contributed by atoms with van der Waals surface area (Å²) in [5.41, 5.74) is 0.721. The first-order chi connectivity index (χ1) is 8.63. The van der Waals surface area contributed by atoms with Gasteiger partial charge in [-0.2, -0.15) is 5.10 Å². The highest BCUT2D eigenvalue weighted by Gasteiger charge is 2.09. The van der Waals surface area contributed by atoms with E-state index < -0.39 is 0 Å². The van der Waals surface area contributed by atoms with Gasteiger partial charge in [-0.1, -0.05) is 18.2 Å². The Balaban J connectivity index is 2.41. The van der Waals surface area contributed by atoms with Gasteiger partial charge in [-0.3, -0.25) is 4.79 Å². The monoisotopic (exact) mass is 372 g/mol. The SMILES string of the molecule is COc1ccccc1Cn1ncc(Br)c(Br)c1=O. The van der Waals surface area contributed by atoms with E-state index >= 15 is 0 Å². The molecule has 1 aromatic heterocycles. The van der Waals surface area contributed by atoms with E-state index in [-0.39, 0.29) is 5.56 Å². The molecule has 0 radical (unpaired) electrons. The summed E-state index contributed by atoms with van der Waals surface area (Å²) in [5, 5.41) is 4.08. The third-order valence-electron chi connectivity index (χ3n) is 2.45. The molecule has 0 atom stereocenters. The number of nitrogens with zero attached hydrogens (tertiary/aromatic N) is 2. The van der Waals surface area contributed by atoms with Crippen molar-refractivity contribution in [2.24, 2.45) is 0 Å². The third-order valence-corrected chi connectivity index (χ3v) is 4.35. The Morgan fingerprint density at radius 1 is 1.33 bits per heavy atom. The van der Waals surface area contributed by atoms with Gasteiger partial charge in [-0.05, 0) is 37.9 Å². The van der Waals surface area contributed by atoms with Crippen molar-refractivity contribution in [3.63, 3.8) is 0 Å². The van der Waals surface area contributed by atoms with E-state index in [1.165, 1.54) is 4.68 Å². The van der Waals surface area contributed by atoms with Crippen LogP contribution in [0.3, 0.4) is 0 Å². The summed E-state index contributed by atoms with van der Waals surface area (Å²) in [6.45, 7) is 0.370. The van der Waals surface area contributed by atoms with E-state index in [4.69, 9.17) is 4.74 Å². The van der Waals surface area contributed by atoms with Gasteiger partial charge in [0.05, 0.1) is 24.3 Å². The molecule has 0 unspecified atom stereocenters. The Bertz CT molecular complexity index is 626. The number of hydrogen-bond acceptors (Lipinski definition) is 3. The summed E-state index contributed by atoms with van der Waals surface area (Å²) in [7, 11) is 1.60. The largest absolute Gasteiger partial charge is 0.496 e. The normalized spacial score (nSPS) is 10.4. The molecule has 0 aliphatic rings. The predicted octanol–water partition coefficient (Wildman–Crippen LogP) is 2.83. The smallest absolute Gasteiger partial charge is 0.282 e. The van der Waals surface area contributed by atoms with Crippen LogP contribution in [0.1, 0.15) is 5.56 Å². The molecule has 2 rings (SSSR count). The van der Waals surface area contributed by atoms with Gasteiger partial charge in [0.2, 0.25) is 0 Å². The van der Waals surface area contributed by atoms with Gasteiger partial charge in [-0.15, -0.1) is 0 Å². The van der Waals surface area contributed by atoms with Crippen LogP contribution in [0.2, 0.25) is 0 Å². The van der Waals surface area contributed by atoms with E-state index in [0.717, 1.165) is 11.3 Å². The van der Waals surface area contributed by atoms with Gasteiger partial charge in [0.1, 0.15) is 10.2 Å². The first-order valence-electron chi connectivity index (χ1n) is 5.16. The van der Waals surface area contributed by atoms with Gasteiger partial charge >= 0.3 is 0 Å². The fraction of sp³-hybridized carbons (Fsp3) is 0.167. The molecular weight excluding hydrogens is 364 g/mol. The highest BCUT2D eigenvalue weighted by atomic mass is 79.9. The fourth-order valence-corrected chi connectivity index (χ4v) is 2.12. The van der Waals surface area contributed by atoms with Crippen LogP contribution in [0.15, 0.2) is 44.2 Å². The summed E-state index contributed by atoms with van der Waals surface area (Å²) < 4.78 is 7.74. The molecule has 2 aromatic rings. The average Bonchev–Trinajstić information content (AvgIpc) is 2.40. The summed E-state index contributed by atoms with van der Waals surface area (Å²) in [4.78, 5) is 12.0.